The molecule has 0 atom stereocenters. The van der Waals surface area contributed by atoms with Gasteiger partial charge < -0.3 is 5.11 Å². The van der Waals surface area contributed by atoms with E-state index >= 15 is 0 Å². The molecule has 0 amide bonds. The van der Waals surface area contributed by atoms with Gasteiger partial charge in [0.2, 0.25) is 0 Å². The van der Waals surface area contributed by atoms with Crippen molar-refractivity contribution >= 4 is 43.9 Å². The van der Waals surface area contributed by atoms with E-state index in [4.69, 9.17) is 5.11 Å². The second-order valence-corrected chi connectivity index (χ2v) is 4.21. The van der Waals surface area contributed by atoms with Crippen LogP contribution < -0.4 is 0 Å². The number of rotatable bonds is 2. The Bertz CT molecular complexity index is 444. The van der Waals surface area contributed by atoms with Crippen LogP contribution in [0.1, 0.15) is 5.56 Å². The van der Waals surface area contributed by atoms with Crippen LogP contribution in [0.2, 0.25) is 0 Å². The van der Waals surface area contributed by atoms with Gasteiger partial charge in [-0.05, 0) is 49.6 Å². The Kier molecular flexibility index (Phi) is 3.98. The molecule has 0 saturated carbocycles. The molecule has 1 aromatic carbocycles. The number of hydrogen-bond acceptors (Lipinski definition) is 1. The molecule has 2 nitrogen and oxygen atoms in total. The van der Waals surface area contributed by atoms with E-state index < -0.39 is 17.6 Å². The van der Waals surface area contributed by atoms with Gasteiger partial charge in [0.05, 0.1) is 8.95 Å². The molecule has 0 spiro atoms. The SMILES string of the molecule is O=C(O)/C=C/c1cc(Br)c(F)c(F)c1Br. The van der Waals surface area contributed by atoms with Crippen LogP contribution in [-0.2, 0) is 4.79 Å². The lowest BCUT2D eigenvalue weighted by Crippen LogP contribution is -1.92. The van der Waals surface area contributed by atoms with Gasteiger partial charge in [0.1, 0.15) is 0 Å². The average Bonchev–Trinajstić information content (AvgIpc) is 2.18. The van der Waals surface area contributed by atoms with Crippen molar-refractivity contribution < 1.29 is 18.7 Å². The molecule has 0 saturated heterocycles. The first-order valence-corrected chi connectivity index (χ1v) is 5.26. The maximum atomic E-state index is 13.1. The summed E-state index contributed by atoms with van der Waals surface area (Å²) < 4.78 is 25.9. The highest BCUT2D eigenvalue weighted by atomic mass is 79.9. The second kappa shape index (κ2) is 4.85. The van der Waals surface area contributed by atoms with Gasteiger partial charge in [-0.15, -0.1) is 0 Å². The molecule has 1 aromatic rings. The molecule has 80 valence electrons. The molecule has 0 aliphatic rings. The molecule has 0 aromatic heterocycles. The van der Waals surface area contributed by atoms with Crippen molar-refractivity contribution in [1.82, 2.24) is 0 Å². The summed E-state index contributed by atoms with van der Waals surface area (Å²) in [7, 11) is 0. The van der Waals surface area contributed by atoms with Crippen LogP contribution in [0, 0.1) is 11.6 Å². The zero-order chi connectivity index (χ0) is 11.6. The maximum Gasteiger partial charge on any atom is 0.328 e. The minimum atomic E-state index is -1.16. The summed E-state index contributed by atoms with van der Waals surface area (Å²) in [6, 6.07) is 1.28. The summed E-state index contributed by atoms with van der Waals surface area (Å²) in [5, 5.41) is 8.38. The summed E-state index contributed by atoms with van der Waals surface area (Å²) >= 11 is 5.66. The minimum Gasteiger partial charge on any atom is -0.478 e. The number of carboxylic acids is 1. The van der Waals surface area contributed by atoms with E-state index in [0.717, 1.165) is 6.08 Å². The minimum absolute atomic E-state index is 0.0618. The third-order valence-electron chi connectivity index (χ3n) is 1.54. The van der Waals surface area contributed by atoms with Gasteiger partial charge in [0.15, 0.2) is 11.6 Å². The van der Waals surface area contributed by atoms with Crippen molar-refractivity contribution in [2.75, 3.05) is 0 Å². The summed E-state index contributed by atoms with van der Waals surface area (Å²) in [4.78, 5) is 10.2. The maximum absolute atomic E-state index is 13.1. The second-order valence-electron chi connectivity index (χ2n) is 2.56. The molecular weight excluding hydrogens is 338 g/mol. The van der Waals surface area contributed by atoms with Crippen molar-refractivity contribution in [3.8, 4) is 0 Å². The van der Waals surface area contributed by atoms with E-state index in [2.05, 4.69) is 31.9 Å². The van der Waals surface area contributed by atoms with E-state index in [9.17, 15) is 13.6 Å². The zero-order valence-electron chi connectivity index (χ0n) is 7.10. The first kappa shape index (κ1) is 12.3. The van der Waals surface area contributed by atoms with Crippen LogP contribution in [-0.4, -0.2) is 11.1 Å². The molecule has 0 fully saturated rings. The van der Waals surface area contributed by atoms with Gasteiger partial charge >= 0.3 is 5.97 Å². The summed E-state index contributed by atoms with van der Waals surface area (Å²) in [6.07, 6.45) is 2.00. The Morgan fingerprint density at radius 3 is 2.47 bits per heavy atom. The molecule has 0 unspecified atom stereocenters. The molecule has 0 aliphatic heterocycles. The molecule has 1 rings (SSSR count). The molecule has 0 radical (unpaired) electrons. The number of aliphatic carboxylic acids is 1. The third kappa shape index (κ3) is 2.85. The van der Waals surface area contributed by atoms with Gasteiger partial charge in [0, 0.05) is 6.08 Å². The fourth-order valence-electron chi connectivity index (χ4n) is 0.874. The number of carboxylic acid groups (broad SMARTS) is 1. The summed E-state index contributed by atoms with van der Waals surface area (Å²) in [5.74, 6) is -3.24. The number of hydrogen-bond donors (Lipinski definition) is 1. The van der Waals surface area contributed by atoms with Crippen LogP contribution in [0.5, 0.6) is 0 Å². The molecule has 1 N–H and O–H groups in total. The lowest BCUT2D eigenvalue weighted by Gasteiger charge is -2.03. The highest BCUT2D eigenvalue weighted by Crippen LogP contribution is 2.29. The average molecular weight is 342 g/mol. The Labute approximate surface area is 101 Å². The first-order chi connectivity index (χ1) is 6.93. The topological polar surface area (TPSA) is 37.3 Å². The molecular formula is C9H4Br2F2O2. The van der Waals surface area contributed by atoms with E-state index in [1.807, 2.05) is 0 Å². The van der Waals surface area contributed by atoms with Crippen molar-refractivity contribution in [3.63, 3.8) is 0 Å². The van der Waals surface area contributed by atoms with Crippen molar-refractivity contribution in [3.05, 3.63) is 38.3 Å². The van der Waals surface area contributed by atoms with Crippen molar-refractivity contribution in [1.29, 1.82) is 0 Å². The highest BCUT2D eigenvalue weighted by Gasteiger charge is 2.13. The Morgan fingerprint density at radius 2 is 1.93 bits per heavy atom. The normalized spacial score (nSPS) is 10.9. The third-order valence-corrected chi connectivity index (χ3v) is 2.92. The highest BCUT2D eigenvalue weighted by molar-refractivity contribution is 9.11. The molecule has 0 bridgehead atoms. The predicted molar refractivity (Wildman–Crippen MR) is 58.4 cm³/mol. The van der Waals surface area contributed by atoms with Crippen LogP contribution in [0.4, 0.5) is 8.78 Å². The Morgan fingerprint density at radius 1 is 1.33 bits per heavy atom. The molecule has 6 heteroatoms. The lowest BCUT2D eigenvalue weighted by atomic mass is 10.2. The van der Waals surface area contributed by atoms with Gasteiger partial charge in [-0.3, -0.25) is 0 Å². The number of halogens is 4. The van der Waals surface area contributed by atoms with Gasteiger partial charge in [-0.2, -0.15) is 0 Å². The van der Waals surface area contributed by atoms with E-state index in [0.29, 0.717) is 0 Å². The number of benzene rings is 1. The number of carbonyl (C=O) groups is 1. The quantitative estimate of drug-likeness (QED) is 0.507. The van der Waals surface area contributed by atoms with Gasteiger partial charge in [0.25, 0.3) is 0 Å². The van der Waals surface area contributed by atoms with Crippen molar-refractivity contribution in [2.45, 2.75) is 0 Å². The first-order valence-electron chi connectivity index (χ1n) is 3.67. The van der Waals surface area contributed by atoms with Crippen LogP contribution in [0.15, 0.2) is 21.1 Å². The molecule has 0 aliphatic carbocycles. The smallest absolute Gasteiger partial charge is 0.328 e. The van der Waals surface area contributed by atoms with Crippen LogP contribution >= 0.6 is 31.9 Å². The molecule has 15 heavy (non-hydrogen) atoms. The Balaban J connectivity index is 3.26. The van der Waals surface area contributed by atoms with Gasteiger partial charge in [-0.25, -0.2) is 13.6 Å². The predicted octanol–water partition coefficient (Wildman–Crippen LogP) is 3.59. The lowest BCUT2D eigenvalue weighted by molar-refractivity contribution is -0.131. The van der Waals surface area contributed by atoms with E-state index in [-0.39, 0.29) is 14.5 Å². The molecule has 0 heterocycles. The van der Waals surface area contributed by atoms with Gasteiger partial charge in [-0.1, -0.05) is 0 Å². The summed E-state index contributed by atoms with van der Waals surface area (Å²) in [6.45, 7) is 0. The van der Waals surface area contributed by atoms with Crippen LogP contribution in [0.25, 0.3) is 6.08 Å². The fourth-order valence-corrected chi connectivity index (χ4v) is 1.71. The zero-order valence-corrected chi connectivity index (χ0v) is 10.3. The monoisotopic (exact) mass is 340 g/mol. The largest absolute Gasteiger partial charge is 0.478 e. The Hall–Kier alpha value is -0.750. The van der Waals surface area contributed by atoms with E-state index in [1.165, 1.54) is 12.1 Å². The standard InChI is InChI=1S/C9H4Br2F2O2/c10-5-3-4(1-2-6(14)15)7(11)9(13)8(5)12/h1-3H,(H,14,15)/b2-1+. The summed E-state index contributed by atoms with van der Waals surface area (Å²) in [5.41, 5.74) is 0.239. The van der Waals surface area contributed by atoms with E-state index in [1.54, 1.807) is 0 Å². The fraction of sp³-hybridized carbons (Fsp3) is 0. The van der Waals surface area contributed by atoms with Crippen LogP contribution in [0.3, 0.4) is 0 Å². The van der Waals surface area contributed by atoms with Crippen molar-refractivity contribution in [2.24, 2.45) is 0 Å².